The monoisotopic (exact) mass is 323 g/mol. The van der Waals surface area contributed by atoms with E-state index in [0.29, 0.717) is 11.5 Å². The van der Waals surface area contributed by atoms with Crippen molar-refractivity contribution in [2.45, 2.75) is 18.9 Å². The van der Waals surface area contributed by atoms with Crippen molar-refractivity contribution < 1.29 is 5.11 Å². The summed E-state index contributed by atoms with van der Waals surface area (Å²) in [6.45, 7) is 4.30. The largest absolute Gasteiger partial charge is 0.507 e. The maximum Gasteiger partial charge on any atom is 0.172 e. The minimum Gasteiger partial charge on any atom is -0.507 e. The number of nitrogens with one attached hydrogen (secondary N) is 2. The van der Waals surface area contributed by atoms with Crippen LogP contribution in [-0.4, -0.2) is 47.5 Å². The molecule has 1 spiro atoms. The normalized spacial score (nSPS) is 23.8. The number of para-hydroxylation sites is 1. The van der Waals surface area contributed by atoms with Gasteiger partial charge >= 0.3 is 0 Å². The Balaban J connectivity index is 1.51. The number of hydrogen-bond donors (Lipinski definition) is 3. The van der Waals surface area contributed by atoms with Crippen LogP contribution in [0.5, 0.6) is 5.75 Å². The number of rotatable bonds is 1. The zero-order chi connectivity index (χ0) is 16.1. The van der Waals surface area contributed by atoms with Crippen LogP contribution < -0.4 is 15.5 Å². The first-order valence-electron chi connectivity index (χ1n) is 8.61. The molecule has 1 aromatic heterocycles. The molecule has 6 heteroatoms. The van der Waals surface area contributed by atoms with Gasteiger partial charge in [0.2, 0.25) is 0 Å². The van der Waals surface area contributed by atoms with Crippen LogP contribution in [0.25, 0.3) is 11.3 Å². The number of aromatic nitrogens is 2. The summed E-state index contributed by atoms with van der Waals surface area (Å²) < 4.78 is 0. The number of hydrogen-bond acceptors (Lipinski definition) is 6. The summed E-state index contributed by atoms with van der Waals surface area (Å²) in [5.41, 5.74) is 3.06. The fourth-order valence-electron chi connectivity index (χ4n) is 4.31. The average molecular weight is 323 g/mol. The van der Waals surface area contributed by atoms with E-state index in [1.54, 1.807) is 6.07 Å². The highest BCUT2D eigenvalue weighted by Crippen LogP contribution is 2.43. The van der Waals surface area contributed by atoms with Gasteiger partial charge in [-0.15, -0.1) is 10.2 Å². The minimum absolute atomic E-state index is 0.241. The molecule has 0 aliphatic carbocycles. The Morgan fingerprint density at radius 2 is 2.08 bits per heavy atom. The average Bonchev–Trinajstić information content (AvgIpc) is 2.60. The van der Waals surface area contributed by atoms with Crippen molar-refractivity contribution in [3.8, 4) is 17.0 Å². The van der Waals surface area contributed by atoms with Gasteiger partial charge in [0, 0.05) is 37.8 Å². The van der Waals surface area contributed by atoms with Crippen LogP contribution in [0.4, 0.5) is 11.5 Å². The summed E-state index contributed by atoms with van der Waals surface area (Å²) >= 11 is 0. The summed E-state index contributed by atoms with van der Waals surface area (Å²) in [5, 5.41) is 25.7. The third kappa shape index (κ3) is 2.06. The second-order valence-electron chi connectivity index (χ2n) is 7.27. The number of benzene rings is 1. The molecule has 0 radical (unpaired) electrons. The van der Waals surface area contributed by atoms with Crippen LogP contribution in [0.15, 0.2) is 30.3 Å². The fourth-order valence-corrected chi connectivity index (χ4v) is 4.31. The van der Waals surface area contributed by atoms with E-state index in [-0.39, 0.29) is 5.75 Å². The maximum absolute atomic E-state index is 10.1. The fraction of sp³-hybridized carbons (Fsp3) is 0.444. The third-order valence-electron chi connectivity index (χ3n) is 5.76. The molecule has 1 atom stereocenters. The predicted molar refractivity (Wildman–Crippen MR) is 93.3 cm³/mol. The van der Waals surface area contributed by atoms with E-state index < -0.39 is 0 Å². The molecule has 3 aliphatic rings. The zero-order valence-corrected chi connectivity index (χ0v) is 13.5. The quantitative estimate of drug-likeness (QED) is 0.744. The van der Waals surface area contributed by atoms with Crippen LogP contribution in [-0.2, 0) is 0 Å². The maximum atomic E-state index is 10.1. The Morgan fingerprint density at radius 1 is 1.21 bits per heavy atom. The zero-order valence-electron chi connectivity index (χ0n) is 13.5. The molecule has 2 aromatic rings. The van der Waals surface area contributed by atoms with Gasteiger partial charge in [-0.05, 0) is 36.5 Å². The number of nitrogens with zero attached hydrogens (tertiary/aromatic N) is 3. The Labute approximate surface area is 140 Å². The molecule has 24 heavy (non-hydrogen) atoms. The number of anilines is 2. The molecule has 3 aliphatic heterocycles. The highest BCUT2D eigenvalue weighted by Gasteiger charge is 2.45. The van der Waals surface area contributed by atoms with E-state index in [1.165, 1.54) is 12.8 Å². The van der Waals surface area contributed by atoms with Gasteiger partial charge in [0.05, 0.1) is 11.4 Å². The highest BCUT2D eigenvalue weighted by molar-refractivity contribution is 5.76. The Kier molecular flexibility index (Phi) is 2.97. The molecule has 3 N–H and O–H groups in total. The van der Waals surface area contributed by atoms with Crippen molar-refractivity contribution in [1.29, 1.82) is 0 Å². The molecule has 0 saturated carbocycles. The Bertz CT molecular complexity index is 789. The molecule has 6 nitrogen and oxygen atoms in total. The van der Waals surface area contributed by atoms with Crippen molar-refractivity contribution in [1.82, 2.24) is 15.5 Å². The topological polar surface area (TPSA) is 73.3 Å². The molecule has 5 rings (SSSR count). The van der Waals surface area contributed by atoms with E-state index >= 15 is 0 Å². The SMILES string of the molecule is Oc1ccccc1-c1cc2c(nn1)NCC1CC3(CCN21)CNC3. The number of aromatic hydroxyl groups is 1. The highest BCUT2D eigenvalue weighted by atomic mass is 16.3. The Morgan fingerprint density at radius 3 is 2.88 bits per heavy atom. The number of fused-ring (bicyclic) bond motifs is 3. The first-order valence-corrected chi connectivity index (χ1v) is 8.61. The molecule has 0 bridgehead atoms. The van der Waals surface area contributed by atoms with Gasteiger partial charge in [-0.1, -0.05) is 12.1 Å². The summed E-state index contributed by atoms with van der Waals surface area (Å²) in [4.78, 5) is 2.48. The smallest absolute Gasteiger partial charge is 0.172 e. The second kappa shape index (κ2) is 5.08. The first-order chi connectivity index (χ1) is 11.7. The van der Waals surface area contributed by atoms with Crippen molar-refractivity contribution >= 4 is 11.5 Å². The summed E-state index contributed by atoms with van der Waals surface area (Å²) in [6, 6.07) is 9.86. The minimum atomic E-state index is 0.241. The molecular formula is C18H21N5O. The summed E-state index contributed by atoms with van der Waals surface area (Å²) in [5.74, 6) is 1.10. The van der Waals surface area contributed by atoms with Gasteiger partial charge in [-0.2, -0.15) is 0 Å². The molecule has 1 unspecified atom stereocenters. The van der Waals surface area contributed by atoms with Crippen LogP contribution in [0.3, 0.4) is 0 Å². The van der Waals surface area contributed by atoms with Crippen molar-refractivity contribution in [3.05, 3.63) is 30.3 Å². The third-order valence-corrected chi connectivity index (χ3v) is 5.76. The summed E-state index contributed by atoms with van der Waals surface area (Å²) in [7, 11) is 0. The van der Waals surface area contributed by atoms with Crippen LogP contribution in [0.2, 0.25) is 0 Å². The van der Waals surface area contributed by atoms with Gasteiger partial charge in [-0.25, -0.2) is 0 Å². The van der Waals surface area contributed by atoms with Crippen LogP contribution in [0.1, 0.15) is 12.8 Å². The first kappa shape index (κ1) is 14.0. The predicted octanol–water partition coefficient (Wildman–Crippen LogP) is 1.83. The Hall–Kier alpha value is -2.34. The van der Waals surface area contributed by atoms with Crippen molar-refractivity contribution in [3.63, 3.8) is 0 Å². The van der Waals surface area contributed by atoms with Gasteiger partial charge in [-0.3, -0.25) is 0 Å². The van der Waals surface area contributed by atoms with Crippen molar-refractivity contribution in [2.75, 3.05) is 36.4 Å². The van der Waals surface area contributed by atoms with Crippen LogP contribution in [0, 0.1) is 5.41 Å². The van der Waals surface area contributed by atoms with E-state index in [4.69, 9.17) is 0 Å². The lowest BCUT2D eigenvalue weighted by Gasteiger charge is -2.54. The number of phenols is 1. The number of piperidine rings is 1. The molecule has 4 heterocycles. The van der Waals surface area contributed by atoms with E-state index in [0.717, 1.165) is 48.9 Å². The van der Waals surface area contributed by atoms with Crippen LogP contribution >= 0.6 is 0 Å². The summed E-state index contributed by atoms with van der Waals surface area (Å²) in [6.07, 6.45) is 2.45. The van der Waals surface area contributed by atoms with Crippen molar-refractivity contribution in [2.24, 2.45) is 5.41 Å². The molecule has 1 aromatic carbocycles. The van der Waals surface area contributed by atoms with E-state index in [1.807, 2.05) is 18.2 Å². The molecular weight excluding hydrogens is 302 g/mol. The standard InChI is InChI=1S/C18H21N5O/c24-16-4-2-1-3-13(16)14-7-15-17(22-21-14)20-9-12-8-18(10-19-11-18)5-6-23(12)15/h1-4,7,12,19,24H,5-6,8-11H2,(H,20,22). The van der Waals surface area contributed by atoms with Gasteiger partial charge in [0.1, 0.15) is 5.75 Å². The number of phenolic OH excluding ortho intramolecular Hbond substituents is 1. The van der Waals surface area contributed by atoms with E-state index in [9.17, 15) is 5.11 Å². The molecule has 2 fully saturated rings. The lowest BCUT2D eigenvalue weighted by atomic mass is 9.70. The van der Waals surface area contributed by atoms with Gasteiger partial charge in [0.15, 0.2) is 5.82 Å². The van der Waals surface area contributed by atoms with Gasteiger partial charge < -0.3 is 20.6 Å². The molecule has 2 saturated heterocycles. The van der Waals surface area contributed by atoms with Gasteiger partial charge in [0.25, 0.3) is 0 Å². The van der Waals surface area contributed by atoms with E-state index in [2.05, 4.69) is 31.8 Å². The lowest BCUT2D eigenvalue weighted by Crippen LogP contribution is -2.62. The lowest BCUT2D eigenvalue weighted by molar-refractivity contribution is 0.106. The molecule has 124 valence electrons. The second-order valence-corrected chi connectivity index (χ2v) is 7.27. The molecule has 0 amide bonds.